The third kappa shape index (κ3) is 3.71. The van der Waals surface area contributed by atoms with Crippen molar-refractivity contribution in [3.63, 3.8) is 0 Å². The lowest BCUT2D eigenvalue weighted by molar-refractivity contribution is -0.136. The number of carbonyl (C=O) groups is 2. The van der Waals surface area contributed by atoms with Gasteiger partial charge in [-0.05, 0) is 30.0 Å². The molecule has 102 valence electrons. The third-order valence-corrected chi connectivity index (χ3v) is 3.24. The zero-order chi connectivity index (χ0) is 13.8. The van der Waals surface area contributed by atoms with Crippen LogP contribution in [-0.4, -0.2) is 35.1 Å². The molecule has 1 aliphatic heterocycles. The first kappa shape index (κ1) is 13.4. The fraction of sp³-hybridized carbons (Fsp3) is 0.429. The number of likely N-dealkylation sites (tertiary alicyclic amines) is 1. The number of hydrogen-bond acceptors (Lipinski definition) is 2. The Bertz CT molecular complexity index is 487. The van der Waals surface area contributed by atoms with Crippen molar-refractivity contribution in [1.82, 2.24) is 4.90 Å². The molecule has 2 N–H and O–H groups in total. The lowest BCUT2D eigenvalue weighted by atomic mass is 10.1. The summed E-state index contributed by atoms with van der Waals surface area (Å²) in [7, 11) is 0. The van der Waals surface area contributed by atoms with Crippen molar-refractivity contribution in [1.29, 1.82) is 0 Å². The van der Waals surface area contributed by atoms with Gasteiger partial charge in [-0.25, -0.2) is 4.79 Å². The Morgan fingerprint density at radius 2 is 2.26 bits per heavy atom. The van der Waals surface area contributed by atoms with Crippen LogP contribution in [0.3, 0.4) is 0 Å². The molecule has 2 rings (SSSR count). The monoisotopic (exact) mass is 262 g/mol. The molecule has 0 aliphatic carbocycles. The standard InChI is InChI=1S/C14H18N2O3/c1-10-5-6-16(9-10)14(19)15-12-4-2-3-11(7-12)8-13(17)18/h2-4,7,10H,5-6,8-9H2,1H3,(H,15,19)(H,17,18). The number of benzene rings is 1. The molecule has 1 aromatic carbocycles. The van der Waals surface area contributed by atoms with E-state index in [-0.39, 0.29) is 12.5 Å². The zero-order valence-electron chi connectivity index (χ0n) is 10.9. The summed E-state index contributed by atoms with van der Waals surface area (Å²) in [6, 6.07) is 6.84. The molecule has 1 unspecified atom stereocenters. The Morgan fingerprint density at radius 3 is 2.89 bits per heavy atom. The largest absolute Gasteiger partial charge is 0.481 e. The van der Waals surface area contributed by atoms with E-state index in [1.165, 1.54) is 0 Å². The molecule has 1 saturated heterocycles. The van der Waals surface area contributed by atoms with E-state index >= 15 is 0 Å². The molecular formula is C14H18N2O3. The molecule has 1 aromatic rings. The van der Waals surface area contributed by atoms with Crippen molar-refractivity contribution in [2.75, 3.05) is 18.4 Å². The van der Waals surface area contributed by atoms with Crippen LogP contribution in [0.15, 0.2) is 24.3 Å². The summed E-state index contributed by atoms with van der Waals surface area (Å²) in [6.45, 7) is 3.68. The van der Waals surface area contributed by atoms with Crippen LogP contribution < -0.4 is 5.32 Å². The van der Waals surface area contributed by atoms with E-state index < -0.39 is 5.97 Å². The van der Waals surface area contributed by atoms with E-state index in [4.69, 9.17) is 5.11 Å². The lowest BCUT2D eigenvalue weighted by Crippen LogP contribution is -2.32. The van der Waals surface area contributed by atoms with Gasteiger partial charge >= 0.3 is 12.0 Å². The zero-order valence-corrected chi connectivity index (χ0v) is 10.9. The molecular weight excluding hydrogens is 244 g/mol. The van der Waals surface area contributed by atoms with E-state index in [9.17, 15) is 9.59 Å². The smallest absolute Gasteiger partial charge is 0.321 e. The van der Waals surface area contributed by atoms with Gasteiger partial charge in [0.15, 0.2) is 0 Å². The van der Waals surface area contributed by atoms with E-state index in [0.717, 1.165) is 19.5 Å². The van der Waals surface area contributed by atoms with Crippen molar-refractivity contribution >= 4 is 17.7 Å². The highest BCUT2D eigenvalue weighted by atomic mass is 16.4. The predicted octanol–water partition coefficient (Wildman–Crippen LogP) is 2.19. The van der Waals surface area contributed by atoms with E-state index in [1.54, 1.807) is 29.2 Å². The molecule has 0 radical (unpaired) electrons. The summed E-state index contributed by atoms with van der Waals surface area (Å²) in [4.78, 5) is 24.4. The fourth-order valence-electron chi connectivity index (χ4n) is 2.26. The second kappa shape index (κ2) is 5.73. The summed E-state index contributed by atoms with van der Waals surface area (Å²) in [5, 5.41) is 11.6. The number of nitrogens with zero attached hydrogens (tertiary/aromatic N) is 1. The van der Waals surface area contributed by atoms with Gasteiger partial charge in [-0.15, -0.1) is 0 Å². The van der Waals surface area contributed by atoms with Crippen molar-refractivity contribution < 1.29 is 14.7 Å². The van der Waals surface area contributed by atoms with Crippen molar-refractivity contribution in [3.05, 3.63) is 29.8 Å². The van der Waals surface area contributed by atoms with Gasteiger partial charge in [-0.3, -0.25) is 4.79 Å². The summed E-state index contributed by atoms with van der Waals surface area (Å²) in [6.07, 6.45) is 0.997. The number of nitrogens with one attached hydrogen (secondary N) is 1. The van der Waals surface area contributed by atoms with Crippen LogP contribution in [0.4, 0.5) is 10.5 Å². The number of urea groups is 1. The van der Waals surface area contributed by atoms with Gasteiger partial charge in [-0.2, -0.15) is 0 Å². The van der Waals surface area contributed by atoms with Crippen LogP contribution in [0.25, 0.3) is 0 Å². The molecule has 19 heavy (non-hydrogen) atoms. The summed E-state index contributed by atoms with van der Waals surface area (Å²) >= 11 is 0. The van der Waals surface area contributed by atoms with E-state index in [2.05, 4.69) is 12.2 Å². The predicted molar refractivity (Wildman–Crippen MR) is 72.2 cm³/mol. The fourth-order valence-corrected chi connectivity index (χ4v) is 2.26. The maximum absolute atomic E-state index is 12.0. The van der Waals surface area contributed by atoms with Crippen LogP contribution in [0, 0.1) is 5.92 Å². The molecule has 0 aromatic heterocycles. The average molecular weight is 262 g/mol. The number of aliphatic carboxylic acids is 1. The topological polar surface area (TPSA) is 69.6 Å². The highest BCUT2D eigenvalue weighted by Crippen LogP contribution is 2.17. The van der Waals surface area contributed by atoms with Crippen LogP contribution in [0.2, 0.25) is 0 Å². The van der Waals surface area contributed by atoms with Crippen LogP contribution >= 0.6 is 0 Å². The molecule has 1 atom stereocenters. The number of carboxylic acid groups (broad SMARTS) is 1. The SMILES string of the molecule is CC1CCN(C(=O)Nc2cccc(CC(=O)O)c2)C1. The highest BCUT2D eigenvalue weighted by Gasteiger charge is 2.23. The Morgan fingerprint density at radius 1 is 1.47 bits per heavy atom. The number of hydrogen-bond donors (Lipinski definition) is 2. The van der Waals surface area contributed by atoms with Gasteiger partial charge in [-0.1, -0.05) is 19.1 Å². The molecule has 1 heterocycles. The van der Waals surface area contributed by atoms with Gasteiger partial charge in [0, 0.05) is 18.8 Å². The first-order valence-corrected chi connectivity index (χ1v) is 6.41. The van der Waals surface area contributed by atoms with Gasteiger partial charge < -0.3 is 15.3 Å². The summed E-state index contributed by atoms with van der Waals surface area (Å²) in [5.74, 6) is -0.332. The van der Waals surface area contributed by atoms with Crippen LogP contribution in [-0.2, 0) is 11.2 Å². The summed E-state index contributed by atoms with van der Waals surface area (Å²) < 4.78 is 0. The first-order chi connectivity index (χ1) is 9.04. The van der Waals surface area contributed by atoms with E-state index in [1.807, 2.05) is 0 Å². The van der Waals surface area contributed by atoms with Crippen molar-refractivity contribution in [2.45, 2.75) is 19.8 Å². The van der Waals surface area contributed by atoms with Crippen molar-refractivity contribution in [3.8, 4) is 0 Å². The Labute approximate surface area is 112 Å². The van der Waals surface area contributed by atoms with E-state index in [0.29, 0.717) is 17.2 Å². The molecule has 0 saturated carbocycles. The molecule has 5 nitrogen and oxygen atoms in total. The van der Waals surface area contributed by atoms with Crippen molar-refractivity contribution in [2.24, 2.45) is 5.92 Å². The number of carboxylic acids is 1. The first-order valence-electron chi connectivity index (χ1n) is 6.41. The molecule has 0 spiro atoms. The normalized spacial score (nSPS) is 18.4. The summed E-state index contributed by atoms with van der Waals surface area (Å²) in [5.41, 5.74) is 1.32. The molecule has 5 heteroatoms. The van der Waals surface area contributed by atoms with Gasteiger partial charge in [0.2, 0.25) is 0 Å². The number of rotatable bonds is 3. The Hall–Kier alpha value is -2.04. The minimum absolute atomic E-state index is 0.0372. The quantitative estimate of drug-likeness (QED) is 0.877. The van der Waals surface area contributed by atoms with Gasteiger partial charge in [0.25, 0.3) is 0 Å². The highest BCUT2D eigenvalue weighted by molar-refractivity contribution is 5.89. The van der Waals surface area contributed by atoms with Crippen LogP contribution in [0.1, 0.15) is 18.9 Å². The minimum Gasteiger partial charge on any atom is -0.481 e. The molecule has 0 bridgehead atoms. The van der Waals surface area contributed by atoms with Gasteiger partial charge in [0.1, 0.15) is 0 Å². The Kier molecular flexibility index (Phi) is 4.04. The number of carbonyl (C=O) groups excluding carboxylic acids is 1. The average Bonchev–Trinajstić information content (AvgIpc) is 2.75. The Balaban J connectivity index is 1.98. The lowest BCUT2D eigenvalue weighted by Gasteiger charge is -2.17. The third-order valence-electron chi connectivity index (χ3n) is 3.24. The second-order valence-corrected chi connectivity index (χ2v) is 5.04. The number of amides is 2. The maximum Gasteiger partial charge on any atom is 0.321 e. The maximum atomic E-state index is 12.0. The molecule has 1 fully saturated rings. The van der Waals surface area contributed by atoms with Crippen LogP contribution in [0.5, 0.6) is 0 Å². The van der Waals surface area contributed by atoms with Gasteiger partial charge in [0.05, 0.1) is 6.42 Å². The number of anilines is 1. The molecule has 1 aliphatic rings. The molecule has 2 amide bonds. The minimum atomic E-state index is -0.878. The second-order valence-electron chi connectivity index (χ2n) is 5.04.